The number of halogens is 2. The van der Waals surface area contributed by atoms with Gasteiger partial charge in [-0.2, -0.15) is 4.31 Å². The molecule has 0 spiro atoms. The molecule has 1 heterocycles. The van der Waals surface area contributed by atoms with E-state index in [1.807, 2.05) is 4.90 Å². The summed E-state index contributed by atoms with van der Waals surface area (Å²) < 4.78 is 41.5. The van der Waals surface area contributed by atoms with Gasteiger partial charge < -0.3 is 5.32 Å². The Morgan fingerprint density at radius 3 is 2.33 bits per heavy atom. The van der Waals surface area contributed by atoms with Gasteiger partial charge in [-0.05, 0) is 48.7 Å². The lowest BCUT2D eigenvalue weighted by atomic mass is 10.0. The zero-order valence-corrected chi connectivity index (χ0v) is 18.7. The van der Waals surface area contributed by atoms with Crippen molar-refractivity contribution in [3.63, 3.8) is 0 Å². The molecule has 6 nitrogen and oxygen atoms in total. The molecule has 1 aliphatic carbocycles. The quantitative estimate of drug-likeness (QED) is 0.668. The van der Waals surface area contributed by atoms with Crippen molar-refractivity contribution in [3.8, 4) is 0 Å². The van der Waals surface area contributed by atoms with E-state index in [1.165, 1.54) is 16.4 Å². The van der Waals surface area contributed by atoms with E-state index in [0.29, 0.717) is 23.1 Å². The summed E-state index contributed by atoms with van der Waals surface area (Å²) in [7, 11) is -3.61. The van der Waals surface area contributed by atoms with Crippen LogP contribution in [0.15, 0.2) is 57.9 Å². The summed E-state index contributed by atoms with van der Waals surface area (Å²) in [5, 5.41) is 3.03. The number of hydrogen-bond acceptors (Lipinski definition) is 4. The van der Waals surface area contributed by atoms with Gasteiger partial charge in [-0.3, -0.25) is 9.69 Å². The highest BCUT2D eigenvalue weighted by Gasteiger charge is 2.36. The number of rotatable bonds is 6. The van der Waals surface area contributed by atoms with Crippen LogP contribution in [-0.2, 0) is 14.8 Å². The van der Waals surface area contributed by atoms with Crippen molar-refractivity contribution in [3.05, 3.63) is 64.4 Å². The van der Waals surface area contributed by atoms with E-state index in [-0.39, 0.29) is 35.8 Å². The van der Waals surface area contributed by atoms with Crippen LogP contribution in [-0.4, -0.2) is 55.8 Å². The fraction of sp³-hybridized carbons (Fsp3) is 0.381. The lowest BCUT2D eigenvalue weighted by molar-refractivity contribution is -0.127. The zero-order valence-electron chi connectivity index (χ0n) is 16.3. The van der Waals surface area contributed by atoms with E-state index >= 15 is 0 Å². The van der Waals surface area contributed by atoms with Crippen LogP contribution in [0.3, 0.4) is 0 Å². The van der Waals surface area contributed by atoms with E-state index in [2.05, 4.69) is 21.2 Å². The van der Waals surface area contributed by atoms with Crippen LogP contribution in [0.1, 0.15) is 24.4 Å². The number of carbonyl (C=O) groups excluding carboxylic acids is 1. The standard InChI is InChI=1S/C21H23BrFN3O3S/c22-16-2-1-3-19(14-16)30(28,29)26-12-10-25(11-13-26)20(21(27)24-18-8-9-18)15-4-6-17(23)7-5-15/h1-7,14,18,20H,8-13H2,(H,24,27)/t20-/m0/s1. The van der Waals surface area contributed by atoms with Gasteiger partial charge in [-0.1, -0.05) is 34.1 Å². The molecule has 160 valence electrons. The van der Waals surface area contributed by atoms with Gasteiger partial charge >= 0.3 is 0 Å². The van der Waals surface area contributed by atoms with Crippen molar-refractivity contribution in [1.82, 2.24) is 14.5 Å². The number of carbonyl (C=O) groups is 1. The van der Waals surface area contributed by atoms with E-state index in [0.717, 1.165) is 12.8 Å². The molecular weight excluding hydrogens is 473 g/mol. The van der Waals surface area contributed by atoms with E-state index in [1.54, 1.807) is 36.4 Å². The Morgan fingerprint density at radius 2 is 1.73 bits per heavy atom. The molecule has 0 bridgehead atoms. The van der Waals surface area contributed by atoms with Crippen LogP contribution in [0.5, 0.6) is 0 Å². The summed E-state index contributed by atoms with van der Waals surface area (Å²) in [6, 6.07) is 12.2. The summed E-state index contributed by atoms with van der Waals surface area (Å²) in [5.74, 6) is -0.475. The van der Waals surface area contributed by atoms with Gasteiger partial charge in [0.1, 0.15) is 11.9 Å². The Labute approximate surface area is 184 Å². The van der Waals surface area contributed by atoms with Crippen molar-refractivity contribution in [2.24, 2.45) is 0 Å². The number of nitrogens with one attached hydrogen (secondary N) is 1. The summed E-state index contributed by atoms with van der Waals surface area (Å²) in [6.45, 7) is 1.38. The smallest absolute Gasteiger partial charge is 0.243 e. The van der Waals surface area contributed by atoms with E-state index < -0.39 is 16.1 Å². The highest BCUT2D eigenvalue weighted by atomic mass is 79.9. The summed E-state index contributed by atoms with van der Waals surface area (Å²) >= 11 is 3.32. The first kappa shape index (κ1) is 21.4. The SMILES string of the molecule is O=C(NC1CC1)[C@H](c1ccc(F)cc1)N1CCN(S(=O)(=O)c2cccc(Br)c2)CC1. The molecule has 1 saturated carbocycles. The molecule has 0 radical (unpaired) electrons. The second-order valence-electron chi connectivity index (χ2n) is 7.63. The predicted molar refractivity (Wildman–Crippen MR) is 115 cm³/mol. The molecular formula is C21H23BrFN3O3S. The maximum absolute atomic E-state index is 13.4. The first-order valence-corrected chi connectivity index (χ1v) is 12.1. The summed E-state index contributed by atoms with van der Waals surface area (Å²) in [6.07, 6.45) is 1.95. The molecule has 1 saturated heterocycles. The maximum Gasteiger partial charge on any atom is 0.243 e. The van der Waals surface area contributed by atoms with Crippen molar-refractivity contribution in [1.29, 1.82) is 0 Å². The number of hydrogen-bond donors (Lipinski definition) is 1. The van der Waals surface area contributed by atoms with Gasteiger partial charge in [-0.15, -0.1) is 0 Å². The molecule has 4 rings (SSSR count). The Balaban J connectivity index is 1.50. The molecule has 1 aliphatic heterocycles. The molecule has 1 amide bonds. The minimum Gasteiger partial charge on any atom is -0.352 e. The minimum atomic E-state index is -3.61. The molecule has 2 aromatic carbocycles. The second kappa shape index (κ2) is 8.74. The molecule has 1 atom stereocenters. The second-order valence-corrected chi connectivity index (χ2v) is 10.5. The third kappa shape index (κ3) is 4.74. The topological polar surface area (TPSA) is 69.7 Å². The molecule has 9 heteroatoms. The number of benzene rings is 2. The first-order valence-electron chi connectivity index (χ1n) is 9.90. The first-order chi connectivity index (χ1) is 14.3. The molecule has 0 aromatic heterocycles. The third-order valence-corrected chi connectivity index (χ3v) is 7.82. The fourth-order valence-corrected chi connectivity index (χ4v) is 5.68. The number of nitrogens with zero attached hydrogens (tertiary/aromatic N) is 2. The Bertz CT molecular complexity index is 1020. The molecule has 30 heavy (non-hydrogen) atoms. The third-order valence-electron chi connectivity index (χ3n) is 5.43. The van der Waals surface area contributed by atoms with Gasteiger partial charge in [-0.25, -0.2) is 12.8 Å². The number of amides is 1. The van der Waals surface area contributed by atoms with Crippen LogP contribution >= 0.6 is 15.9 Å². The lowest BCUT2D eigenvalue weighted by Crippen LogP contribution is -2.52. The average Bonchev–Trinajstić information content (AvgIpc) is 3.54. The van der Waals surface area contributed by atoms with Crippen LogP contribution in [0.4, 0.5) is 4.39 Å². The number of piperazine rings is 1. The predicted octanol–water partition coefficient (Wildman–Crippen LogP) is 2.91. The minimum absolute atomic E-state index is 0.118. The highest BCUT2D eigenvalue weighted by molar-refractivity contribution is 9.10. The van der Waals surface area contributed by atoms with Gasteiger partial charge in [0, 0.05) is 36.7 Å². The maximum atomic E-state index is 13.4. The molecule has 1 N–H and O–H groups in total. The molecule has 2 aromatic rings. The van der Waals surface area contributed by atoms with Crippen LogP contribution < -0.4 is 5.32 Å². The van der Waals surface area contributed by atoms with Gasteiger partial charge in [0.25, 0.3) is 0 Å². The van der Waals surface area contributed by atoms with Gasteiger partial charge in [0.2, 0.25) is 15.9 Å². The van der Waals surface area contributed by atoms with Crippen LogP contribution in [0.25, 0.3) is 0 Å². The number of sulfonamides is 1. The lowest BCUT2D eigenvalue weighted by Gasteiger charge is -2.38. The van der Waals surface area contributed by atoms with E-state index in [9.17, 15) is 17.6 Å². The largest absolute Gasteiger partial charge is 0.352 e. The molecule has 2 aliphatic rings. The highest BCUT2D eigenvalue weighted by Crippen LogP contribution is 2.28. The Hall–Kier alpha value is -1.81. The fourth-order valence-electron chi connectivity index (χ4n) is 3.66. The molecule has 2 fully saturated rings. The average molecular weight is 496 g/mol. The van der Waals surface area contributed by atoms with Gasteiger partial charge in [0.15, 0.2) is 0 Å². The summed E-state index contributed by atoms with van der Waals surface area (Å²) in [5.41, 5.74) is 0.706. The van der Waals surface area contributed by atoms with E-state index in [4.69, 9.17) is 0 Å². The van der Waals surface area contributed by atoms with Gasteiger partial charge in [0.05, 0.1) is 4.90 Å². The van der Waals surface area contributed by atoms with Crippen molar-refractivity contribution in [2.75, 3.05) is 26.2 Å². The van der Waals surface area contributed by atoms with Crippen molar-refractivity contribution >= 4 is 31.9 Å². The molecule has 0 unspecified atom stereocenters. The zero-order chi connectivity index (χ0) is 21.3. The Morgan fingerprint density at radius 1 is 1.07 bits per heavy atom. The van der Waals surface area contributed by atoms with Crippen molar-refractivity contribution in [2.45, 2.75) is 29.8 Å². The monoisotopic (exact) mass is 495 g/mol. The van der Waals surface area contributed by atoms with Crippen molar-refractivity contribution < 1.29 is 17.6 Å². The van der Waals surface area contributed by atoms with Crippen LogP contribution in [0.2, 0.25) is 0 Å². The Kier molecular flexibility index (Phi) is 6.24. The van der Waals surface area contributed by atoms with Crippen LogP contribution in [0, 0.1) is 5.82 Å². The normalized spacial score (nSPS) is 19.4. The summed E-state index contributed by atoms with van der Waals surface area (Å²) in [4.78, 5) is 15.1.